The van der Waals surface area contributed by atoms with Crippen LogP contribution in [-0.4, -0.2) is 36.2 Å². The van der Waals surface area contributed by atoms with Crippen LogP contribution in [0.2, 0.25) is 0 Å². The third kappa shape index (κ3) is 4.68. The lowest BCUT2D eigenvalue weighted by Gasteiger charge is -2.33. The van der Waals surface area contributed by atoms with Crippen LogP contribution in [0.4, 0.5) is 0 Å². The quantitative estimate of drug-likeness (QED) is 0.536. The van der Waals surface area contributed by atoms with Crippen LogP contribution < -0.4 is 4.74 Å². The molecule has 1 aromatic rings. The van der Waals surface area contributed by atoms with E-state index in [0.717, 1.165) is 36.5 Å². The van der Waals surface area contributed by atoms with Crippen LogP contribution >= 0.6 is 0 Å². The van der Waals surface area contributed by atoms with Gasteiger partial charge in [0.2, 0.25) is 0 Å². The number of piperidine rings is 1. The maximum Gasteiger partial charge on any atom is 0.282 e. The Labute approximate surface area is 207 Å². The van der Waals surface area contributed by atoms with Crippen LogP contribution in [0.5, 0.6) is 5.75 Å². The molecule has 4 heteroatoms. The minimum Gasteiger partial charge on any atom is -0.492 e. The van der Waals surface area contributed by atoms with E-state index < -0.39 is 0 Å². The number of aliphatic hydroxyl groups excluding tert-OH is 1. The van der Waals surface area contributed by atoms with Crippen LogP contribution in [0.3, 0.4) is 0 Å². The average Bonchev–Trinajstić information content (AvgIpc) is 3.06. The van der Waals surface area contributed by atoms with Crippen molar-refractivity contribution in [2.24, 2.45) is 11.8 Å². The van der Waals surface area contributed by atoms with Crippen LogP contribution in [-0.2, 0) is 4.74 Å². The lowest BCUT2D eigenvalue weighted by molar-refractivity contribution is 0.161. The Morgan fingerprint density at radius 1 is 1.03 bits per heavy atom. The monoisotopic (exact) mass is 467 g/mol. The number of fused-ring (bicyclic) bond motifs is 4. The lowest BCUT2D eigenvalue weighted by atomic mass is 9.72. The molecule has 0 aromatic heterocycles. The molecule has 2 aliphatic heterocycles. The number of hydrogen-bond acceptors (Lipinski definition) is 4. The molecule has 3 atom stereocenters. The Morgan fingerprint density at radius 3 is 2.74 bits per heavy atom. The largest absolute Gasteiger partial charge is 0.492 e. The van der Waals surface area contributed by atoms with Gasteiger partial charge < -0.3 is 14.6 Å². The molecule has 1 saturated heterocycles. The molecule has 1 fully saturated rings. The predicted octanol–water partition coefficient (Wildman–Crippen LogP) is 6.50. The highest BCUT2D eigenvalue weighted by Gasteiger charge is 2.37. The first-order valence-corrected chi connectivity index (χ1v) is 12.9. The second kappa shape index (κ2) is 9.79. The van der Waals surface area contributed by atoms with Crippen molar-refractivity contribution >= 4 is 0 Å². The molecule has 1 aromatic carbocycles. The van der Waals surface area contributed by atoms with E-state index in [2.05, 4.69) is 71.7 Å². The summed E-state index contributed by atoms with van der Waals surface area (Å²) in [7, 11) is 0. The molecule has 3 unspecified atom stereocenters. The third-order valence-electron chi connectivity index (χ3n) is 7.88. The molecule has 3 aliphatic carbocycles. The van der Waals surface area contributed by atoms with Gasteiger partial charge in [-0.15, -0.1) is 0 Å². The number of allylic oxidation sites excluding steroid dienone is 12. The number of likely N-dealkylation sites (tertiary alicyclic amines) is 1. The number of nitrogens with zero attached hydrogens (tertiary/aromatic N) is 1. The van der Waals surface area contributed by atoms with E-state index in [1.54, 1.807) is 12.3 Å². The van der Waals surface area contributed by atoms with Crippen molar-refractivity contribution < 1.29 is 14.6 Å². The number of aliphatic hydroxyl groups is 1. The number of ether oxygens (including phenoxy) is 2. The normalized spacial score (nSPS) is 27.5. The maximum absolute atomic E-state index is 9.92. The van der Waals surface area contributed by atoms with Gasteiger partial charge in [0, 0.05) is 35.9 Å². The summed E-state index contributed by atoms with van der Waals surface area (Å²) >= 11 is 0. The average molecular weight is 468 g/mol. The van der Waals surface area contributed by atoms with Crippen molar-refractivity contribution in [3.8, 4) is 5.75 Å². The Hall–Kier alpha value is -3.24. The van der Waals surface area contributed by atoms with Crippen molar-refractivity contribution in [2.75, 3.05) is 26.2 Å². The standard InChI is InChI=1S/C31H33NO3/c33-30-20-25-8-9-26-18-23-6-2-3-7-24(23)19-28(31(26)29(25)21-35-30)22-10-12-27(13-11-22)34-17-16-32-14-4-1-5-15-32/h2-3,6-13,19-21,23,28,31,33H,1,4-5,14-18H2. The van der Waals surface area contributed by atoms with Gasteiger partial charge in [-0.25, -0.2) is 0 Å². The molecule has 2 heterocycles. The van der Waals surface area contributed by atoms with Crippen molar-refractivity contribution in [3.05, 3.63) is 113 Å². The molecule has 0 radical (unpaired) electrons. The fraction of sp³-hybridized carbons (Fsp3) is 0.355. The fourth-order valence-corrected chi connectivity index (χ4v) is 6.03. The molecule has 35 heavy (non-hydrogen) atoms. The summed E-state index contributed by atoms with van der Waals surface area (Å²) in [6.07, 6.45) is 24.1. The van der Waals surface area contributed by atoms with E-state index in [1.165, 1.54) is 49.1 Å². The Kier molecular flexibility index (Phi) is 6.22. The van der Waals surface area contributed by atoms with E-state index in [9.17, 15) is 5.11 Å². The zero-order valence-corrected chi connectivity index (χ0v) is 20.1. The summed E-state index contributed by atoms with van der Waals surface area (Å²) in [5.74, 6) is 1.61. The van der Waals surface area contributed by atoms with Gasteiger partial charge in [0.25, 0.3) is 5.95 Å². The van der Waals surface area contributed by atoms with Crippen molar-refractivity contribution in [3.63, 3.8) is 0 Å². The highest BCUT2D eigenvalue weighted by molar-refractivity contribution is 5.56. The van der Waals surface area contributed by atoms with Crippen LogP contribution in [0.25, 0.3) is 0 Å². The molecule has 0 amide bonds. The molecule has 0 bridgehead atoms. The zero-order chi connectivity index (χ0) is 23.6. The molecule has 1 N–H and O–H groups in total. The molecule has 6 rings (SSSR count). The molecule has 5 aliphatic rings. The molecule has 4 nitrogen and oxygen atoms in total. The number of rotatable bonds is 5. The SMILES string of the molecule is OC1=CC2=CC=C3CC4C=CC=CC4=CC(c4ccc(OCCN5CCCCC5)cc4)C3C2=CO1. The summed E-state index contributed by atoms with van der Waals surface area (Å²) in [5.41, 5.74) is 6.20. The van der Waals surface area contributed by atoms with E-state index in [1.807, 2.05) is 0 Å². The van der Waals surface area contributed by atoms with Gasteiger partial charge >= 0.3 is 0 Å². The minimum absolute atomic E-state index is 0.0500. The maximum atomic E-state index is 9.92. The smallest absolute Gasteiger partial charge is 0.282 e. The topological polar surface area (TPSA) is 41.9 Å². The Morgan fingerprint density at radius 2 is 1.89 bits per heavy atom. The number of hydrogen-bond donors (Lipinski definition) is 1. The number of benzene rings is 1. The van der Waals surface area contributed by atoms with Crippen LogP contribution in [0.1, 0.15) is 37.2 Å². The van der Waals surface area contributed by atoms with E-state index in [-0.39, 0.29) is 17.8 Å². The predicted molar refractivity (Wildman–Crippen MR) is 139 cm³/mol. The summed E-state index contributed by atoms with van der Waals surface area (Å²) < 4.78 is 11.6. The van der Waals surface area contributed by atoms with Gasteiger partial charge in [0.15, 0.2) is 0 Å². The zero-order valence-electron chi connectivity index (χ0n) is 20.1. The lowest BCUT2D eigenvalue weighted by Crippen LogP contribution is -2.33. The second-order valence-electron chi connectivity index (χ2n) is 10.1. The highest BCUT2D eigenvalue weighted by atomic mass is 16.6. The minimum atomic E-state index is -0.0500. The van der Waals surface area contributed by atoms with Crippen LogP contribution in [0.15, 0.2) is 107 Å². The van der Waals surface area contributed by atoms with Crippen molar-refractivity contribution in [1.29, 1.82) is 0 Å². The molecule has 0 saturated carbocycles. The summed E-state index contributed by atoms with van der Waals surface area (Å²) in [6, 6.07) is 8.66. The third-order valence-corrected chi connectivity index (χ3v) is 7.88. The molecule has 0 spiro atoms. The summed E-state index contributed by atoms with van der Waals surface area (Å²) in [5, 5.41) is 9.92. The second-order valence-corrected chi connectivity index (χ2v) is 10.1. The van der Waals surface area contributed by atoms with Gasteiger partial charge in [-0.1, -0.05) is 66.7 Å². The van der Waals surface area contributed by atoms with E-state index >= 15 is 0 Å². The van der Waals surface area contributed by atoms with Crippen molar-refractivity contribution in [2.45, 2.75) is 31.6 Å². The first kappa shape index (κ1) is 22.2. The Balaban J connectivity index is 1.26. The first-order valence-electron chi connectivity index (χ1n) is 12.9. The van der Waals surface area contributed by atoms with Crippen molar-refractivity contribution in [1.82, 2.24) is 4.90 Å². The summed E-state index contributed by atoms with van der Waals surface area (Å²) in [4.78, 5) is 2.51. The fourth-order valence-electron chi connectivity index (χ4n) is 6.03. The molecule has 180 valence electrons. The van der Waals surface area contributed by atoms with Gasteiger partial charge in [0.05, 0.1) is 6.26 Å². The summed E-state index contributed by atoms with van der Waals surface area (Å²) in [6.45, 7) is 4.12. The van der Waals surface area contributed by atoms with Gasteiger partial charge in [-0.2, -0.15) is 0 Å². The van der Waals surface area contributed by atoms with Gasteiger partial charge in [-0.3, -0.25) is 4.90 Å². The molecular weight excluding hydrogens is 434 g/mol. The van der Waals surface area contributed by atoms with Gasteiger partial charge in [-0.05, 0) is 61.2 Å². The highest BCUT2D eigenvalue weighted by Crippen LogP contribution is 2.49. The van der Waals surface area contributed by atoms with E-state index in [0.29, 0.717) is 5.92 Å². The van der Waals surface area contributed by atoms with Crippen LogP contribution in [0, 0.1) is 11.8 Å². The van der Waals surface area contributed by atoms with E-state index in [4.69, 9.17) is 9.47 Å². The first-order chi connectivity index (χ1) is 17.2. The molecular formula is C31H33NO3. The Bertz CT molecular complexity index is 1170. The van der Waals surface area contributed by atoms with Gasteiger partial charge in [0.1, 0.15) is 12.4 Å².